The lowest BCUT2D eigenvalue weighted by molar-refractivity contribution is 0.628. The minimum absolute atomic E-state index is 0.329. The summed E-state index contributed by atoms with van der Waals surface area (Å²) in [6.07, 6.45) is 0. The molecular weight excluding hydrogens is 443 g/mol. The van der Waals surface area contributed by atoms with Gasteiger partial charge >= 0.3 is 0 Å². The Bertz CT molecular complexity index is 1210. The fourth-order valence-corrected chi connectivity index (χ4v) is 4.11. The molecule has 0 radical (unpaired) electrons. The number of benzene rings is 1. The van der Waals surface area contributed by atoms with Crippen LogP contribution in [-0.4, -0.2) is 26.8 Å². The molecule has 0 unspecified atom stereocenters. The number of halogens is 2. The smallest absolute Gasteiger partial charge is 0.192 e. The Kier molecular flexibility index (Phi) is 4.83. The minimum atomic E-state index is -0.329. The van der Waals surface area contributed by atoms with Crippen molar-refractivity contribution in [1.82, 2.24) is 19.7 Å². The zero-order chi connectivity index (χ0) is 19.8. The number of aryl methyl sites for hydroxylation is 1. The van der Waals surface area contributed by atoms with E-state index in [4.69, 9.17) is 0 Å². The van der Waals surface area contributed by atoms with Gasteiger partial charge in [-0.15, -0.1) is 0 Å². The Hall–Kier alpha value is -2.83. The average molecular weight is 457 g/mol. The molecule has 0 saturated heterocycles. The summed E-state index contributed by atoms with van der Waals surface area (Å²) in [5.74, 6) is 0.465. The fraction of sp³-hybridized carbons (Fsp3) is 0.158. The van der Waals surface area contributed by atoms with E-state index >= 15 is 0 Å². The van der Waals surface area contributed by atoms with Gasteiger partial charge in [-0.2, -0.15) is 10.4 Å². The van der Waals surface area contributed by atoms with Crippen LogP contribution in [0.1, 0.15) is 11.8 Å². The molecule has 0 saturated carbocycles. The number of thiazole rings is 1. The molecule has 9 heteroatoms. The molecule has 3 aromatic heterocycles. The Labute approximate surface area is 173 Å². The molecule has 0 amide bonds. The Morgan fingerprint density at radius 1 is 1.21 bits per heavy atom. The number of anilines is 2. The molecule has 1 aromatic carbocycles. The highest BCUT2D eigenvalue weighted by molar-refractivity contribution is 9.10. The van der Waals surface area contributed by atoms with Crippen molar-refractivity contribution in [2.45, 2.75) is 13.5 Å². The molecule has 0 bridgehead atoms. The van der Waals surface area contributed by atoms with Crippen LogP contribution in [0.2, 0.25) is 0 Å². The zero-order valence-corrected chi connectivity index (χ0v) is 17.4. The van der Waals surface area contributed by atoms with Crippen LogP contribution in [0.4, 0.5) is 15.3 Å². The number of pyridine rings is 1. The van der Waals surface area contributed by atoms with Gasteiger partial charge in [0.2, 0.25) is 0 Å². The number of fused-ring (bicyclic) bond motifs is 1. The predicted molar refractivity (Wildman–Crippen MR) is 111 cm³/mol. The van der Waals surface area contributed by atoms with E-state index in [1.54, 1.807) is 12.1 Å². The fourth-order valence-electron chi connectivity index (χ4n) is 2.95. The third-order valence-corrected chi connectivity index (χ3v) is 5.74. The number of hydrogen-bond acceptors (Lipinski definition) is 6. The summed E-state index contributed by atoms with van der Waals surface area (Å²) in [6.45, 7) is 2.67. The van der Waals surface area contributed by atoms with Gasteiger partial charge in [-0.3, -0.25) is 0 Å². The molecule has 3 heterocycles. The van der Waals surface area contributed by atoms with Crippen LogP contribution in [-0.2, 0) is 6.54 Å². The van der Waals surface area contributed by atoms with Crippen molar-refractivity contribution in [2.75, 3.05) is 11.9 Å². The molecule has 0 atom stereocenters. The van der Waals surface area contributed by atoms with Crippen molar-refractivity contribution >= 4 is 49.2 Å². The highest BCUT2D eigenvalue weighted by Gasteiger charge is 2.22. The molecule has 0 fully saturated rings. The van der Waals surface area contributed by atoms with Gasteiger partial charge in [0.05, 0.1) is 0 Å². The Balaban J connectivity index is 1.84. The van der Waals surface area contributed by atoms with Gasteiger partial charge < -0.3 is 4.90 Å². The van der Waals surface area contributed by atoms with E-state index in [0.29, 0.717) is 32.4 Å². The van der Waals surface area contributed by atoms with Gasteiger partial charge in [0.25, 0.3) is 0 Å². The molecule has 0 N–H and O–H groups in total. The second kappa shape index (κ2) is 7.30. The van der Waals surface area contributed by atoms with Crippen molar-refractivity contribution in [1.29, 1.82) is 5.26 Å². The second-order valence-corrected chi connectivity index (χ2v) is 7.78. The van der Waals surface area contributed by atoms with Crippen LogP contribution in [0.25, 0.3) is 22.3 Å². The largest absolute Gasteiger partial charge is 0.304 e. The molecule has 4 rings (SSSR count). The minimum Gasteiger partial charge on any atom is -0.304 e. The molecule has 0 aliphatic carbocycles. The summed E-state index contributed by atoms with van der Waals surface area (Å²) in [5.41, 5.74) is 2.76. The van der Waals surface area contributed by atoms with Gasteiger partial charge in [-0.25, -0.2) is 19.0 Å². The van der Waals surface area contributed by atoms with Gasteiger partial charge in [-0.05, 0) is 59.3 Å². The summed E-state index contributed by atoms with van der Waals surface area (Å²) < 4.78 is 15.8. The first kappa shape index (κ1) is 18.5. The average Bonchev–Trinajstić information content (AvgIpc) is 3.29. The molecule has 140 valence electrons. The van der Waals surface area contributed by atoms with Crippen molar-refractivity contribution in [3.8, 4) is 17.3 Å². The molecule has 4 aromatic rings. The molecule has 0 aliphatic heterocycles. The van der Waals surface area contributed by atoms with Crippen LogP contribution in [0.5, 0.6) is 0 Å². The monoisotopic (exact) mass is 456 g/mol. The third-order valence-electron chi connectivity index (χ3n) is 4.26. The van der Waals surface area contributed by atoms with Crippen LogP contribution in [0.3, 0.4) is 0 Å². The Morgan fingerprint density at radius 2 is 1.96 bits per heavy atom. The summed E-state index contributed by atoms with van der Waals surface area (Å²) >= 11 is 4.69. The predicted octanol–water partition coefficient (Wildman–Crippen LogP) is 5.12. The number of nitriles is 1. The molecule has 6 nitrogen and oxygen atoms in total. The molecule has 0 aliphatic rings. The van der Waals surface area contributed by atoms with E-state index < -0.39 is 0 Å². The van der Waals surface area contributed by atoms with Crippen LogP contribution in [0.15, 0.2) is 41.0 Å². The summed E-state index contributed by atoms with van der Waals surface area (Å²) in [6, 6.07) is 11.9. The van der Waals surface area contributed by atoms with E-state index in [2.05, 4.69) is 37.1 Å². The standard InChI is InChI=1S/C19H14BrFN6S/c1-3-27-18(17-13(25-27)8-9-15(20)23-17)26(2)19-24-16(14(10-22)28-19)11-4-6-12(21)7-5-11/h4-9H,3H2,1-2H3. The summed E-state index contributed by atoms with van der Waals surface area (Å²) in [5, 5.41) is 14.8. The third kappa shape index (κ3) is 3.15. The number of hydrogen-bond donors (Lipinski definition) is 0. The molecule has 28 heavy (non-hydrogen) atoms. The lowest BCUT2D eigenvalue weighted by Gasteiger charge is -2.16. The van der Waals surface area contributed by atoms with Crippen molar-refractivity contribution < 1.29 is 4.39 Å². The Morgan fingerprint density at radius 3 is 2.64 bits per heavy atom. The summed E-state index contributed by atoms with van der Waals surface area (Å²) in [4.78, 5) is 11.6. The second-order valence-electron chi connectivity index (χ2n) is 5.99. The number of rotatable bonds is 4. The van der Waals surface area contributed by atoms with E-state index in [1.165, 1.54) is 23.5 Å². The number of aromatic nitrogens is 4. The van der Waals surface area contributed by atoms with E-state index in [-0.39, 0.29) is 5.82 Å². The molecule has 0 spiro atoms. The maximum absolute atomic E-state index is 13.3. The lowest BCUT2D eigenvalue weighted by Crippen LogP contribution is -2.15. The first-order valence-corrected chi connectivity index (χ1v) is 10.1. The van der Waals surface area contributed by atoms with Gasteiger partial charge in [0, 0.05) is 19.2 Å². The van der Waals surface area contributed by atoms with Crippen molar-refractivity contribution in [3.63, 3.8) is 0 Å². The first-order valence-electron chi connectivity index (χ1n) is 8.45. The highest BCUT2D eigenvalue weighted by atomic mass is 79.9. The first-order chi connectivity index (χ1) is 13.5. The maximum Gasteiger partial charge on any atom is 0.192 e. The van der Waals surface area contributed by atoms with E-state index in [1.807, 2.05) is 35.7 Å². The van der Waals surface area contributed by atoms with Gasteiger partial charge in [0.1, 0.15) is 38.1 Å². The highest BCUT2D eigenvalue weighted by Crippen LogP contribution is 2.37. The van der Waals surface area contributed by atoms with Crippen molar-refractivity contribution in [3.05, 3.63) is 51.7 Å². The number of nitrogens with zero attached hydrogens (tertiary/aromatic N) is 6. The quantitative estimate of drug-likeness (QED) is 0.398. The zero-order valence-electron chi connectivity index (χ0n) is 15.0. The maximum atomic E-state index is 13.3. The van der Waals surface area contributed by atoms with E-state index in [0.717, 1.165) is 16.9 Å². The topological polar surface area (TPSA) is 70.6 Å². The van der Waals surface area contributed by atoms with Gasteiger partial charge in [0.15, 0.2) is 10.9 Å². The normalized spacial score (nSPS) is 11.0. The van der Waals surface area contributed by atoms with E-state index in [9.17, 15) is 9.65 Å². The van der Waals surface area contributed by atoms with Gasteiger partial charge in [-0.1, -0.05) is 11.3 Å². The summed E-state index contributed by atoms with van der Waals surface area (Å²) in [7, 11) is 1.87. The van der Waals surface area contributed by atoms with Crippen LogP contribution < -0.4 is 4.90 Å². The SMILES string of the molecule is CCn1nc2ccc(Br)nc2c1N(C)c1nc(-c2ccc(F)cc2)c(C#N)s1. The van der Waals surface area contributed by atoms with Crippen molar-refractivity contribution in [2.24, 2.45) is 0 Å². The lowest BCUT2D eigenvalue weighted by atomic mass is 10.1. The molecular formula is C19H14BrFN6S. The van der Waals surface area contributed by atoms with Crippen LogP contribution in [0, 0.1) is 17.1 Å². The van der Waals surface area contributed by atoms with Crippen LogP contribution >= 0.6 is 27.3 Å².